The van der Waals surface area contributed by atoms with Gasteiger partial charge in [-0.1, -0.05) is 60.7 Å². The topological polar surface area (TPSA) is 98.6 Å². The van der Waals surface area contributed by atoms with E-state index in [1.807, 2.05) is 60.7 Å². The highest BCUT2D eigenvalue weighted by Crippen LogP contribution is 2.55. The molecule has 25 heavy (non-hydrogen) atoms. The largest absolute Gasteiger partial charge is 0.381 e. The highest BCUT2D eigenvalue weighted by atomic mass is 31.2. The van der Waals surface area contributed by atoms with E-state index in [0.29, 0.717) is 12.8 Å². The third-order valence-electron chi connectivity index (χ3n) is 4.15. The molecular weight excluding hydrogens is 335 g/mol. The number of aliphatic hydroxyl groups excluding tert-OH is 1. The number of benzene rings is 2. The molecule has 0 saturated carbocycles. The average molecular weight is 362 g/mol. The van der Waals surface area contributed by atoms with Gasteiger partial charge in [-0.3, -0.25) is 4.57 Å². The van der Waals surface area contributed by atoms with Gasteiger partial charge in [-0.15, -0.1) is 0 Å². The third-order valence-corrected chi connectivity index (χ3v) is 7.04. The van der Waals surface area contributed by atoms with Crippen LogP contribution in [0.5, 0.6) is 0 Å². The van der Waals surface area contributed by atoms with Crippen molar-refractivity contribution in [2.45, 2.75) is 37.4 Å². The van der Waals surface area contributed by atoms with Crippen molar-refractivity contribution in [2.75, 3.05) is 6.61 Å². The fraction of sp³-hybridized carbons (Fsp3) is 0.368. The standard InChI is InChI=1S/C19H27N2O3P/c1-2-24-25(23,18(21)14-16-11-7-4-8-12-16)19(22)17(20)13-15-9-5-3-6-10-15/h3-12,17-19,22H,2,13-14,20-21H2,1H3. The average Bonchev–Trinajstić information content (AvgIpc) is 2.62. The predicted molar refractivity (Wildman–Crippen MR) is 101 cm³/mol. The number of hydrogen-bond donors (Lipinski definition) is 3. The van der Waals surface area contributed by atoms with E-state index in [1.165, 1.54) is 0 Å². The smallest absolute Gasteiger partial charge is 0.248 e. The van der Waals surface area contributed by atoms with Gasteiger partial charge in [0.15, 0.2) is 0 Å². The zero-order valence-electron chi connectivity index (χ0n) is 14.5. The first kappa shape index (κ1) is 19.8. The molecule has 0 aliphatic heterocycles. The molecule has 0 aliphatic carbocycles. The summed E-state index contributed by atoms with van der Waals surface area (Å²) in [6, 6.07) is 18.3. The Labute approximate surface area is 149 Å². The van der Waals surface area contributed by atoms with Crippen LogP contribution in [0.4, 0.5) is 0 Å². The molecule has 0 heterocycles. The maximum Gasteiger partial charge on any atom is 0.248 e. The molecule has 6 heteroatoms. The first-order valence-electron chi connectivity index (χ1n) is 8.48. The predicted octanol–water partition coefficient (Wildman–Crippen LogP) is 2.72. The Bertz CT molecular complexity index is 682. The van der Waals surface area contributed by atoms with Gasteiger partial charge in [0.2, 0.25) is 7.37 Å². The quantitative estimate of drug-likeness (QED) is 0.596. The third kappa shape index (κ3) is 5.24. The molecule has 0 fully saturated rings. The summed E-state index contributed by atoms with van der Waals surface area (Å²) in [6.07, 6.45) is 0.754. The van der Waals surface area contributed by atoms with E-state index < -0.39 is 25.0 Å². The van der Waals surface area contributed by atoms with E-state index >= 15 is 0 Å². The van der Waals surface area contributed by atoms with Gasteiger partial charge in [-0.2, -0.15) is 0 Å². The van der Waals surface area contributed by atoms with Crippen molar-refractivity contribution in [3.05, 3.63) is 71.8 Å². The molecule has 2 aromatic rings. The minimum absolute atomic E-state index is 0.203. The zero-order chi connectivity index (χ0) is 18.3. The van der Waals surface area contributed by atoms with Crippen molar-refractivity contribution in [1.82, 2.24) is 0 Å². The highest BCUT2D eigenvalue weighted by Gasteiger charge is 2.42. The molecule has 5 N–H and O–H groups in total. The minimum atomic E-state index is -3.55. The molecule has 0 amide bonds. The Morgan fingerprint density at radius 1 is 0.960 bits per heavy atom. The second-order valence-electron chi connectivity index (χ2n) is 6.09. The summed E-state index contributed by atoms with van der Waals surface area (Å²) in [6.45, 7) is 1.94. The molecule has 4 atom stereocenters. The molecule has 0 spiro atoms. The molecule has 4 unspecified atom stereocenters. The van der Waals surface area contributed by atoms with E-state index in [9.17, 15) is 9.67 Å². The summed E-state index contributed by atoms with van der Waals surface area (Å²) >= 11 is 0. The van der Waals surface area contributed by atoms with Crippen LogP contribution in [0, 0.1) is 0 Å². The van der Waals surface area contributed by atoms with E-state index in [4.69, 9.17) is 16.0 Å². The van der Waals surface area contributed by atoms with E-state index in [0.717, 1.165) is 11.1 Å². The van der Waals surface area contributed by atoms with Gasteiger partial charge in [0.25, 0.3) is 0 Å². The van der Waals surface area contributed by atoms with Crippen LogP contribution in [0.2, 0.25) is 0 Å². The van der Waals surface area contributed by atoms with Crippen molar-refractivity contribution in [3.63, 3.8) is 0 Å². The van der Waals surface area contributed by atoms with E-state index in [-0.39, 0.29) is 6.61 Å². The molecule has 0 radical (unpaired) electrons. The molecule has 0 aliphatic rings. The minimum Gasteiger partial charge on any atom is -0.381 e. The van der Waals surface area contributed by atoms with Gasteiger partial charge in [0, 0.05) is 6.04 Å². The maximum atomic E-state index is 13.4. The fourth-order valence-corrected chi connectivity index (χ4v) is 5.06. The second kappa shape index (κ2) is 9.27. The van der Waals surface area contributed by atoms with Gasteiger partial charge in [-0.05, 0) is 30.9 Å². The van der Waals surface area contributed by atoms with Gasteiger partial charge < -0.3 is 21.1 Å². The molecule has 2 rings (SSSR count). The second-order valence-corrected chi connectivity index (χ2v) is 8.83. The number of hydrogen-bond acceptors (Lipinski definition) is 5. The van der Waals surface area contributed by atoms with Gasteiger partial charge >= 0.3 is 0 Å². The van der Waals surface area contributed by atoms with Crippen LogP contribution >= 0.6 is 7.37 Å². The number of aliphatic hydroxyl groups is 1. The summed E-state index contributed by atoms with van der Waals surface area (Å²) < 4.78 is 18.9. The summed E-state index contributed by atoms with van der Waals surface area (Å²) in [7, 11) is -3.55. The van der Waals surface area contributed by atoms with Gasteiger partial charge in [0.05, 0.1) is 12.4 Å². The summed E-state index contributed by atoms with van der Waals surface area (Å²) in [5.41, 5.74) is 14.2. The molecule has 0 aromatic heterocycles. The van der Waals surface area contributed by atoms with Crippen LogP contribution in [-0.2, 0) is 21.9 Å². The van der Waals surface area contributed by atoms with Crippen molar-refractivity contribution in [3.8, 4) is 0 Å². The first-order valence-corrected chi connectivity index (χ1v) is 10.2. The number of nitrogens with two attached hydrogens (primary N) is 2. The lowest BCUT2D eigenvalue weighted by Gasteiger charge is -2.31. The Morgan fingerprint density at radius 3 is 1.92 bits per heavy atom. The maximum absolute atomic E-state index is 13.4. The Balaban J connectivity index is 2.14. The highest BCUT2D eigenvalue weighted by molar-refractivity contribution is 7.60. The lowest BCUT2D eigenvalue weighted by molar-refractivity contribution is 0.181. The van der Waals surface area contributed by atoms with Gasteiger partial charge in [0.1, 0.15) is 5.85 Å². The van der Waals surface area contributed by atoms with E-state index in [2.05, 4.69) is 0 Å². The van der Waals surface area contributed by atoms with Crippen molar-refractivity contribution in [1.29, 1.82) is 0 Å². The monoisotopic (exact) mass is 362 g/mol. The molecule has 2 aromatic carbocycles. The SMILES string of the molecule is CCOP(=O)(C(N)Cc1ccccc1)C(O)C(N)Cc1ccccc1. The zero-order valence-corrected chi connectivity index (χ0v) is 15.4. The summed E-state index contributed by atoms with van der Waals surface area (Å²) in [4.78, 5) is 0. The van der Waals surface area contributed by atoms with Crippen LogP contribution in [0.3, 0.4) is 0 Å². The Kier molecular flexibility index (Phi) is 7.36. The van der Waals surface area contributed by atoms with Crippen LogP contribution in [-0.4, -0.2) is 29.4 Å². The molecular formula is C19H27N2O3P. The van der Waals surface area contributed by atoms with Crippen LogP contribution in [0.25, 0.3) is 0 Å². The molecule has 0 bridgehead atoms. The van der Waals surface area contributed by atoms with Crippen molar-refractivity contribution in [2.24, 2.45) is 11.5 Å². The molecule has 136 valence electrons. The molecule has 5 nitrogen and oxygen atoms in total. The number of rotatable bonds is 9. The lowest BCUT2D eigenvalue weighted by atomic mass is 10.1. The normalized spacial score (nSPS) is 17.4. The molecule has 0 saturated heterocycles. The van der Waals surface area contributed by atoms with Crippen molar-refractivity contribution >= 4 is 7.37 Å². The lowest BCUT2D eigenvalue weighted by Crippen LogP contribution is -2.41. The Morgan fingerprint density at radius 2 is 1.44 bits per heavy atom. The van der Waals surface area contributed by atoms with Crippen molar-refractivity contribution < 1.29 is 14.2 Å². The first-order chi connectivity index (χ1) is 12.0. The summed E-state index contributed by atoms with van der Waals surface area (Å²) in [5.74, 6) is -2.13. The van der Waals surface area contributed by atoms with Crippen LogP contribution in [0.1, 0.15) is 18.1 Å². The Hall–Kier alpha value is -1.49. The summed E-state index contributed by atoms with van der Waals surface area (Å²) in [5, 5.41) is 10.7. The van der Waals surface area contributed by atoms with E-state index in [1.54, 1.807) is 6.92 Å². The van der Waals surface area contributed by atoms with Crippen LogP contribution in [0.15, 0.2) is 60.7 Å². The van der Waals surface area contributed by atoms with Gasteiger partial charge in [-0.25, -0.2) is 0 Å². The van der Waals surface area contributed by atoms with Crippen LogP contribution < -0.4 is 11.5 Å². The fourth-order valence-electron chi connectivity index (χ4n) is 2.81.